The zero-order valence-electron chi connectivity index (χ0n) is 38.7. The van der Waals surface area contributed by atoms with Crippen LogP contribution in [0.5, 0.6) is 0 Å². The van der Waals surface area contributed by atoms with E-state index >= 15 is 0 Å². The first-order chi connectivity index (χ1) is 35.2. The molecular formula is C68H44N2O. The number of furan rings is 1. The molecule has 0 radical (unpaired) electrons. The van der Waals surface area contributed by atoms with Crippen molar-refractivity contribution in [3.05, 3.63) is 267 Å². The summed E-state index contributed by atoms with van der Waals surface area (Å²) >= 11 is 0. The number of anilines is 3. The molecule has 2 heterocycles. The van der Waals surface area contributed by atoms with Gasteiger partial charge in [0.25, 0.3) is 0 Å². The summed E-state index contributed by atoms with van der Waals surface area (Å²) in [5, 5.41) is 9.45. The van der Waals surface area contributed by atoms with Gasteiger partial charge in [0.1, 0.15) is 11.2 Å². The minimum atomic E-state index is 0.868. The summed E-state index contributed by atoms with van der Waals surface area (Å²) < 4.78 is 9.16. The van der Waals surface area contributed by atoms with Crippen LogP contribution in [-0.4, -0.2) is 4.57 Å². The van der Waals surface area contributed by atoms with Crippen molar-refractivity contribution in [2.45, 2.75) is 0 Å². The normalized spacial score (nSPS) is 11.7. The van der Waals surface area contributed by atoms with E-state index in [4.69, 9.17) is 4.42 Å². The molecule has 14 rings (SSSR count). The molecule has 0 spiro atoms. The summed E-state index contributed by atoms with van der Waals surface area (Å²) in [4.78, 5) is 2.46. The van der Waals surface area contributed by atoms with Gasteiger partial charge in [0.15, 0.2) is 0 Å². The lowest BCUT2D eigenvalue weighted by atomic mass is 9.93. The second-order valence-electron chi connectivity index (χ2n) is 18.4. The van der Waals surface area contributed by atoms with Crippen LogP contribution >= 0.6 is 0 Å². The molecule has 12 aromatic carbocycles. The highest BCUT2D eigenvalue weighted by atomic mass is 16.3. The molecule has 3 nitrogen and oxygen atoms in total. The van der Waals surface area contributed by atoms with Crippen molar-refractivity contribution in [3.63, 3.8) is 0 Å². The maximum Gasteiger partial charge on any atom is 0.143 e. The van der Waals surface area contributed by atoms with E-state index in [9.17, 15) is 0 Å². The Morgan fingerprint density at radius 2 is 0.887 bits per heavy atom. The smallest absolute Gasteiger partial charge is 0.143 e. The Bertz CT molecular complexity index is 4300. The molecule has 0 bridgehead atoms. The van der Waals surface area contributed by atoms with E-state index in [1.807, 2.05) is 0 Å². The van der Waals surface area contributed by atoms with Gasteiger partial charge in [-0.2, -0.15) is 0 Å². The fourth-order valence-electron chi connectivity index (χ4n) is 11.0. The Kier molecular flexibility index (Phi) is 9.53. The number of aromatic nitrogens is 1. The molecule has 332 valence electrons. The molecule has 0 aliphatic rings. The molecule has 14 aromatic rings. The van der Waals surface area contributed by atoms with Crippen LogP contribution < -0.4 is 4.90 Å². The van der Waals surface area contributed by atoms with Gasteiger partial charge in [-0.05, 0) is 122 Å². The molecule has 0 amide bonds. The van der Waals surface area contributed by atoms with Crippen LogP contribution in [0.4, 0.5) is 17.1 Å². The maximum absolute atomic E-state index is 6.77. The Balaban J connectivity index is 0.963. The van der Waals surface area contributed by atoms with E-state index in [-0.39, 0.29) is 0 Å². The number of rotatable bonds is 8. The average Bonchev–Trinajstić information content (AvgIpc) is 4.00. The first-order valence-electron chi connectivity index (χ1n) is 24.3. The van der Waals surface area contributed by atoms with Crippen molar-refractivity contribution in [1.82, 2.24) is 4.57 Å². The van der Waals surface area contributed by atoms with E-state index in [1.165, 1.54) is 38.1 Å². The van der Waals surface area contributed by atoms with Gasteiger partial charge in [-0.15, -0.1) is 0 Å². The van der Waals surface area contributed by atoms with Crippen LogP contribution in [0.25, 0.3) is 115 Å². The van der Waals surface area contributed by atoms with Crippen LogP contribution in [0.1, 0.15) is 0 Å². The highest BCUT2D eigenvalue weighted by Gasteiger charge is 2.24. The lowest BCUT2D eigenvalue weighted by Crippen LogP contribution is -2.12. The second-order valence-corrected chi connectivity index (χ2v) is 18.4. The van der Waals surface area contributed by atoms with Gasteiger partial charge in [-0.1, -0.05) is 194 Å². The number of fused-ring (bicyclic) bond motifs is 9. The number of benzene rings is 12. The largest absolute Gasteiger partial charge is 0.455 e. The highest BCUT2D eigenvalue weighted by Crippen LogP contribution is 2.49. The quantitative estimate of drug-likeness (QED) is 0.151. The molecular weight excluding hydrogens is 861 g/mol. The molecule has 0 aliphatic carbocycles. The lowest BCUT2D eigenvalue weighted by Gasteiger charge is -2.30. The third-order valence-corrected chi connectivity index (χ3v) is 14.4. The van der Waals surface area contributed by atoms with Gasteiger partial charge in [-0.3, -0.25) is 0 Å². The standard InChI is InChI=1S/C68H44N2O/c1-2-17-47(18-3-1)61-44-52(51-33-32-45-16-4-5-20-49(45)42-51)37-41-65(61)69(64-30-13-10-26-58(64)59-27-15-31-66-67(59)60-40-36-48-19-6-7-23-55(48)68(60)71-66)53-38-34-46(35-39-53)50-21-14-22-54(43-50)70-62-28-11-8-24-56(62)57-25-9-12-29-63(57)70/h1-44H. The molecule has 0 aliphatic heterocycles. The fourth-order valence-corrected chi connectivity index (χ4v) is 11.0. The summed E-state index contributed by atoms with van der Waals surface area (Å²) in [7, 11) is 0. The van der Waals surface area contributed by atoms with Gasteiger partial charge < -0.3 is 13.9 Å². The summed E-state index contributed by atoms with van der Waals surface area (Å²) in [5.74, 6) is 0. The van der Waals surface area contributed by atoms with Crippen LogP contribution in [0.15, 0.2) is 271 Å². The van der Waals surface area contributed by atoms with Crippen molar-refractivity contribution >= 4 is 82.4 Å². The van der Waals surface area contributed by atoms with Gasteiger partial charge in [0.05, 0.1) is 22.4 Å². The first-order valence-corrected chi connectivity index (χ1v) is 24.3. The van der Waals surface area contributed by atoms with E-state index in [2.05, 4.69) is 276 Å². The number of hydrogen-bond acceptors (Lipinski definition) is 2. The van der Waals surface area contributed by atoms with Gasteiger partial charge in [0.2, 0.25) is 0 Å². The van der Waals surface area contributed by atoms with E-state index < -0.39 is 0 Å². The summed E-state index contributed by atoms with van der Waals surface area (Å²) in [6.45, 7) is 0. The van der Waals surface area contributed by atoms with Crippen molar-refractivity contribution in [3.8, 4) is 50.2 Å². The predicted molar refractivity (Wildman–Crippen MR) is 299 cm³/mol. The van der Waals surface area contributed by atoms with Crippen molar-refractivity contribution in [1.29, 1.82) is 0 Å². The fraction of sp³-hybridized carbons (Fsp3) is 0. The van der Waals surface area contributed by atoms with Crippen LogP contribution in [0.3, 0.4) is 0 Å². The van der Waals surface area contributed by atoms with Crippen LogP contribution in [0, 0.1) is 0 Å². The Morgan fingerprint density at radius 1 is 0.310 bits per heavy atom. The molecule has 71 heavy (non-hydrogen) atoms. The number of nitrogens with zero attached hydrogens (tertiary/aromatic N) is 2. The molecule has 0 fully saturated rings. The second kappa shape index (κ2) is 16.7. The van der Waals surface area contributed by atoms with Crippen LogP contribution in [0.2, 0.25) is 0 Å². The van der Waals surface area contributed by atoms with Crippen molar-refractivity contribution in [2.75, 3.05) is 4.90 Å². The molecule has 0 atom stereocenters. The number of para-hydroxylation sites is 3. The topological polar surface area (TPSA) is 21.3 Å². The molecule has 2 aromatic heterocycles. The van der Waals surface area contributed by atoms with Gasteiger partial charge in [0, 0.05) is 49.4 Å². The summed E-state index contributed by atoms with van der Waals surface area (Å²) in [6.07, 6.45) is 0. The average molecular weight is 905 g/mol. The van der Waals surface area contributed by atoms with E-state index in [0.717, 1.165) is 94.4 Å². The molecule has 0 N–H and O–H groups in total. The first kappa shape index (κ1) is 40.6. The molecule has 0 unspecified atom stereocenters. The molecule has 3 heteroatoms. The Morgan fingerprint density at radius 3 is 1.70 bits per heavy atom. The zero-order chi connectivity index (χ0) is 46.8. The monoisotopic (exact) mass is 904 g/mol. The van der Waals surface area contributed by atoms with E-state index in [0.29, 0.717) is 0 Å². The third kappa shape index (κ3) is 6.82. The SMILES string of the molecule is c1ccc(-c2cc(-c3ccc4ccccc4c3)ccc2N(c2ccc(-c3cccc(-n4c5ccccc5c5ccccc54)c3)cc2)c2ccccc2-c2cccc3oc4c5ccccc5ccc4c23)cc1. The highest BCUT2D eigenvalue weighted by molar-refractivity contribution is 6.20. The predicted octanol–water partition coefficient (Wildman–Crippen LogP) is 19.1. The minimum Gasteiger partial charge on any atom is -0.455 e. The lowest BCUT2D eigenvalue weighted by molar-refractivity contribution is 0.673. The number of hydrogen-bond donors (Lipinski definition) is 0. The Hall–Kier alpha value is -9.44. The van der Waals surface area contributed by atoms with E-state index in [1.54, 1.807) is 0 Å². The van der Waals surface area contributed by atoms with Crippen molar-refractivity contribution < 1.29 is 4.42 Å². The third-order valence-electron chi connectivity index (χ3n) is 14.4. The Labute approximate surface area is 411 Å². The summed E-state index contributed by atoms with van der Waals surface area (Å²) in [5.41, 5.74) is 17.6. The van der Waals surface area contributed by atoms with Gasteiger partial charge in [-0.25, -0.2) is 0 Å². The molecule has 0 saturated carbocycles. The molecule has 0 saturated heterocycles. The minimum absolute atomic E-state index is 0.868. The van der Waals surface area contributed by atoms with Crippen LogP contribution in [-0.2, 0) is 0 Å². The zero-order valence-corrected chi connectivity index (χ0v) is 38.7. The summed E-state index contributed by atoms with van der Waals surface area (Å²) in [6, 6.07) is 96.8. The maximum atomic E-state index is 6.77. The van der Waals surface area contributed by atoms with Gasteiger partial charge >= 0.3 is 0 Å². The van der Waals surface area contributed by atoms with Crippen molar-refractivity contribution in [2.24, 2.45) is 0 Å².